The van der Waals surface area contributed by atoms with Gasteiger partial charge in [-0.25, -0.2) is 0 Å². The molecule has 3 N–H and O–H groups in total. The van der Waals surface area contributed by atoms with Gasteiger partial charge in [-0.15, -0.1) is 15.7 Å². The summed E-state index contributed by atoms with van der Waals surface area (Å²) >= 11 is 1.48. The van der Waals surface area contributed by atoms with E-state index in [-0.39, 0.29) is 5.84 Å². The summed E-state index contributed by atoms with van der Waals surface area (Å²) in [5, 5.41) is 0.632. The van der Waals surface area contributed by atoms with Crippen LogP contribution in [-0.4, -0.2) is 14.3 Å². The highest BCUT2D eigenvalue weighted by atomic mass is 32.2. The van der Waals surface area contributed by atoms with E-state index in [2.05, 4.69) is 9.12 Å². The van der Waals surface area contributed by atoms with Crippen molar-refractivity contribution >= 4 is 32.4 Å². The summed E-state index contributed by atoms with van der Waals surface area (Å²) in [5.41, 5.74) is 7.66. The van der Waals surface area contributed by atoms with Gasteiger partial charge in [0.15, 0.2) is 0 Å². The summed E-state index contributed by atoms with van der Waals surface area (Å²) in [6.45, 7) is 0. The molecule has 1 aromatic heterocycles. The highest BCUT2D eigenvalue weighted by Gasteiger charge is 2.30. The van der Waals surface area contributed by atoms with Crippen molar-refractivity contribution in [2.24, 2.45) is 10.1 Å². The van der Waals surface area contributed by atoms with Crippen molar-refractivity contribution in [3.8, 4) is 0 Å². The van der Waals surface area contributed by atoms with Crippen molar-refractivity contribution in [3.63, 3.8) is 0 Å². The van der Waals surface area contributed by atoms with Gasteiger partial charge in [0.25, 0.3) is 0 Å². The lowest BCUT2D eigenvalue weighted by Gasteiger charge is -2.12. The maximum absolute atomic E-state index is 11.3. The van der Waals surface area contributed by atoms with E-state index in [1.165, 1.54) is 21.8 Å². The summed E-state index contributed by atoms with van der Waals surface area (Å²) in [7, 11) is -3.61. The zero-order chi connectivity index (χ0) is 10.6. The van der Waals surface area contributed by atoms with Crippen LogP contribution < -0.4 is 10.5 Å². The molecule has 0 spiro atoms. The first-order valence-corrected chi connectivity index (χ1v) is 6.85. The van der Waals surface area contributed by atoms with Crippen LogP contribution in [0.25, 0.3) is 0 Å². The average Bonchev–Trinajstić information content (AvgIpc) is 2.58. The monoisotopic (exact) mass is 243 g/mol. The highest BCUT2D eigenvalue weighted by molar-refractivity contribution is 7.92. The molecule has 0 unspecified atom stereocenters. The van der Waals surface area contributed by atoms with Crippen LogP contribution >= 0.6 is 11.3 Å². The van der Waals surface area contributed by atoms with Gasteiger partial charge in [0, 0.05) is 4.88 Å². The quantitative estimate of drug-likeness (QED) is 0.700. The SMILES string of the molecule is NC1=NS(=O)(=O)Nc2sc3c(c21)CCC3. The second-order valence-corrected chi connectivity index (χ2v) is 6.06. The summed E-state index contributed by atoms with van der Waals surface area (Å²) < 4.78 is 28.4. The Hall–Kier alpha value is -1.08. The molecule has 0 aromatic carbocycles. The lowest BCUT2D eigenvalue weighted by atomic mass is 10.1. The van der Waals surface area contributed by atoms with Gasteiger partial charge in [-0.05, 0) is 24.8 Å². The number of thiophene rings is 1. The number of amidine groups is 1. The molecule has 1 aliphatic carbocycles. The Morgan fingerprint density at radius 2 is 2.20 bits per heavy atom. The van der Waals surface area contributed by atoms with Crippen molar-refractivity contribution < 1.29 is 8.42 Å². The molecule has 0 radical (unpaired) electrons. The normalized spacial score (nSPS) is 21.5. The van der Waals surface area contributed by atoms with Crippen LogP contribution in [0.5, 0.6) is 0 Å². The van der Waals surface area contributed by atoms with Crippen LogP contribution in [-0.2, 0) is 23.1 Å². The molecule has 0 saturated heterocycles. The predicted molar refractivity (Wildman–Crippen MR) is 59.6 cm³/mol. The molecule has 5 nitrogen and oxygen atoms in total. The molecule has 3 rings (SSSR count). The molecule has 2 aliphatic rings. The molecule has 2 heterocycles. The molecule has 0 bridgehead atoms. The first-order valence-electron chi connectivity index (χ1n) is 4.60. The van der Waals surface area contributed by atoms with E-state index in [0.29, 0.717) is 5.00 Å². The maximum atomic E-state index is 11.3. The van der Waals surface area contributed by atoms with E-state index in [9.17, 15) is 8.42 Å². The van der Waals surface area contributed by atoms with Gasteiger partial charge in [0.05, 0.1) is 5.56 Å². The highest BCUT2D eigenvalue weighted by Crippen LogP contribution is 2.40. The fourth-order valence-electron chi connectivity index (χ4n) is 2.06. The first-order chi connectivity index (χ1) is 7.07. The van der Waals surface area contributed by atoms with Crippen molar-refractivity contribution in [3.05, 3.63) is 16.0 Å². The summed E-state index contributed by atoms with van der Waals surface area (Å²) in [5.74, 6) is 0.128. The second kappa shape index (κ2) is 2.73. The molecule has 0 atom stereocenters. The number of aryl methyl sites for hydroxylation is 1. The number of nitrogens with one attached hydrogen (secondary N) is 1. The number of hydrogen-bond donors (Lipinski definition) is 2. The lowest BCUT2D eigenvalue weighted by molar-refractivity contribution is 0.603. The zero-order valence-electron chi connectivity index (χ0n) is 7.78. The standard InChI is InChI=1S/C8H9N3O2S2/c9-7-6-4-2-1-3-5(4)14-8(6)11-15(12,13)10-7/h11H,1-3H2,(H2,9,10). The molecular formula is C8H9N3O2S2. The van der Waals surface area contributed by atoms with Gasteiger partial charge in [0.2, 0.25) is 0 Å². The van der Waals surface area contributed by atoms with Crippen LogP contribution in [0.2, 0.25) is 0 Å². The third-order valence-corrected chi connectivity index (χ3v) is 4.85. The Kier molecular flexibility index (Phi) is 1.67. The van der Waals surface area contributed by atoms with Gasteiger partial charge in [-0.1, -0.05) is 0 Å². The predicted octanol–water partition coefficient (Wildman–Crippen LogP) is 0.612. The molecule has 1 aliphatic heterocycles. The van der Waals surface area contributed by atoms with Gasteiger partial charge >= 0.3 is 10.2 Å². The molecule has 7 heteroatoms. The van der Waals surface area contributed by atoms with Gasteiger partial charge < -0.3 is 5.73 Å². The fraction of sp³-hybridized carbons (Fsp3) is 0.375. The Morgan fingerprint density at radius 1 is 1.40 bits per heavy atom. The Bertz CT molecular complexity index is 571. The van der Waals surface area contributed by atoms with Crippen LogP contribution in [0.15, 0.2) is 4.40 Å². The molecule has 0 amide bonds. The topological polar surface area (TPSA) is 84.5 Å². The molecule has 15 heavy (non-hydrogen) atoms. The van der Waals surface area contributed by atoms with E-state index in [4.69, 9.17) is 5.73 Å². The minimum Gasteiger partial charge on any atom is -0.382 e. The molecular weight excluding hydrogens is 234 g/mol. The van der Waals surface area contributed by atoms with Crippen molar-refractivity contribution in [1.82, 2.24) is 0 Å². The second-order valence-electron chi connectivity index (χ2n) is 3.62. The zero-order valence-corrected chi connectivity index (χ0v) is 9.41. The third kappa shape index (κ3) is 1.26. The Morgan fingerprint density at radius 3 is 3.00 bits per heavy atom. The van der Waals surface area contributed by atoms with Crippen molar-refractivity contribution in [2.45, 2.75) is 19.3 Å². The number of anilines is 1. The molecule has 80 valence electrons. The van der Waals surface area contributed by atoms with E-state index < -0.39 is 10.2 Å². The van der Waals surface area contributed by atoms with Crippen molar-refractivity contribution in [1.29, 1.82) is 0 Å². The molecule has 0 fully saturated rings. The summed E-state index contributed by atoms with van der Waals surface area (Å²) in [4.78, 5) is 1.24. The van der Waals surface area contributed by atoms with E-state index in [1.54, 1.807) is 0 Å². The smallest absolute Gasteiger partial charge is 0.344 e. The van der Waals surface area contributed by atoms with Crippen LogP contribution in [0.4, 0.5) is 5.00 Å². The fourth-order valence-corrected chi connectivity index (χ4v) is 4.43. The summed E-state index contributed by atoms with van der Waals surface area (Å²) in [6.07, 6.45) is 3.11. The van der Waals surface area contributed by atoms with Crippen molar-refractivity contribution in [2.75, 3.05) is 4.72 Å². The Labute approximate surface area is 91.2 Å². The van der Waals surface area contributed by atoms with Gasteiger partial charge in [-0.3, -0.25) is 4.72 Å². The number of nitrogens with zero attached hydrogens (tertiary/aromatic N) is 1. The van der Waals surface area contributed by atoms with Crippen LogP contribution in [0, 0.1) is 0 Å². The van der Waals surface area contributed by atoms with E-state index in [0.717, 1.165) is 24.8 Å². The number of fused-ring (bicyclic) bond motifs is 3. The van der Waals surface area contributed by atoms with Crippen LogP contribution in [0.3, 0.4) is 0 Å². The Balaban J connectivity index is 2.27. The minimum atomic E-state index is -3.61. The largest absolute Gasteiger partial charge is 0.382 e. The first kappa shape index (κ1) is 9.17. The minimum absolute atomic E-state index is 0.128. The lowest BCUT2D eigenvalue weighted by Crippen LogP contribution is -2.25. The van der Waals surface area contributed by atoms with E-state index in [1.807, 2.05) is 0 Å². The molecule has 1 aromatic rings. The van der Waals surface area contributed by atoms with Gasteiger partial charge in [-0.2, -0.15) is 8.42 Å². The maximum Gasteiger partial charge on any atom is 0.344 e. The third-order valence-electron chi connectivity index (χ3n) is 2.62. The average molecular weight is 243 g/mol. The number of nitrogens with two attached hydrogens (primary N) is 1. The van der Waals surface area contributed by atoms with Crippen LogP contribution in [0.1, 0.15) is 22.4 Å². The number of hydrogen-bond acceptors (Lipinski definition) is 4. The number of rotatable bonds is 0. The van der Waals surface area contributed by atoms with E-state index >= 15 is 0 Å². The van der Waals surface area contributed by atoms with Gasteiger partial charge in [0.1, 0.15) is 10.8 Å². The summed E-state index contributed by atoms with van der Waals surface area (Å²) in [6, 6.07) is 0. The molecule has 0 saturated carbocycles.